The molecule has 0 aliphatic rings. The van der Waals surface area contributed by atoms with Gasteiger partial charge in [-0.2, -0.15) is 0 Å². The molecule has 2 aromatic rings. The van der Waals surface area contributed by atoms with E-state index in [0.717, 1.165) is 36.7 Å². The second-order valence-corrected chi connectivity index (χ2v) is 4.91. The van der Waals surface area contributed by atoms with Gasteiger partial charge in [-0.3, -0.25) is 0 Å². The van der Waals surface area contributed by atoms with Gasteiger partial charge in [-0.25, -0.2) is 9.37 Å². The van der Waals surface area contributed by atoms with Crippen LogP contribution in [0.4, 0.5) is 16.0 Å². The predicted molar refractivity (Wildman–Crippen MR) is 76.6 cm³/mol. The molecule has 2 rings (SSSR count). The Bertz CT molecular complexity index is 566. The maximum Gasteiger partial charge on any atom is 0.207 e. The molecule has 0 aliphatic carbocycles. The van der Waals surface area contributed by atoms with E-state index in [1.165, 1.54) is 6.07 Å². The second kappa shape index (κ2) is 6.06. The predicted octanol–water partition coefficient (Wildman–Crippen LogP) is 4.53. The van der Waals surface area contributed by atoms with E-state index in [1.807, 2.05) is 13.1 Å². The Morgan fingerprint density at radius 2 is 2.21 bits per heavy atom. The zero-order valence-electron chi connectivity index (χ0n) is 11.1. The Kier molecular flexibility index (Phi) is 4.43. The lowest BCUT2D eigenvalue weighted by atomic mass is 10.3. The van der Waals surface area contributed by atoms with Crippen molar-refractivity contribution in [3.05, 3.63) is 40.9 Å². The maximum absolute atomic E-state index is 13.1. The van der Waals surface area contributed by atoms with Crippen LogP contribution < -0.4 is 5.32 Å². The molecule has 19 heavy (non-hydrogen) atoms. The molecule has 0 saturated carbocycles. The third-order valence-corrected chi connectivity index (χ3v) is 3.11. The molecule has 0 unspecified atom stereocenters. The number of aromatic nitrogens is 2. The molecule has 0 amide bonds. The highest BCUT2D eigenvalue weighted by atomic mass is 35.5. The molecule has 0 fully saturated rings. The van der Waals surface area contributed by atoms with Crippen LogP contribution >= 0.6 is 11.6 Å². The summed E-state index contributed by atoms with van der Waals surface area (Å²) in [5.74, 6) is 0.339. The lowest BCUT2D eigenvalue weighted by molar-refractivity contribution is 0.628. The number of imidazole rings is 1. The van der Waals surface area contributed by atoms with Crippen molar-refractivity contribution in [1.29, 1.82) is 0 Å². The second-order valence-electron chi connectivity index (χ2n) is 4.51. The number of benzene rings is 1. The minimum absolute atomic E-state index is 0.105. The highest BCUT2D eigenvalue weighted by Gasteiger charge is 2.07. The normalized spacial score (nSPS) is 10.7. The quantitative estimate of drug-likeness (QED) is 0.873. The molecular weight excluding hydrogens is 265 g/mol. The topological polar surface area (TPSA) is 29.9 Å². The molecular formula is C14H17ClFN3. The molecule has 0 radical (unpaired) electrons. The zero-order valence-corrected chi connectivity index (χ0v) is 11.8. The highest BCUT2D eigenvalue weighted by molar-refractivity contribution is 6.31. The SMILES string of the molecule is CCCCn1cc(C)nc1Nc1ccc(F)c(Cl)c1. The average molecular weight is 282 g/mol. The van der Waals surface area contributed by atoms with Crippen molar-refractivity contribution in [3.8, 4) is 0 Å². The van der Waals surface area contributed by atoms with Crippen LogP contribution in [0, 0.1) is 12.7 Å². The van der Waals surface area contributed by atoms with Crippen molar-refractivity contribution < 1.29 is 4.39 Å². The lowest BCUT2D eigenvalue weighted by Gasteiger charge is -2.09. The van der Waals surface area contributed by atoms with Crippen molar-refractivity contribution in [2.45, 2.75) is 33.2 Å². The maximum atomic E-state index is 13.1. The third-order valence-electron chi connectivity index (χ3n) is 2.83. The molecule has 0 saturated heterocycles. The van der Waals surface area contributed by atoms with Gasteiger partial charge in [0.05, 0.1) is 10.7 Å². The van der Waals surface area contributed by atoms with Gasteiger partial charge in [-0.1, -0.05) is 24.9 Å². The number of nitrogens with zero attached hydrogens (tertiary/aromatic N) is 2. The van der Waals surface area contributed by atoms with Gasteiger partial charge in [0.15, 0.2) is 0 Å². The molecule has 0 spiro atoms. The summed E-state index contributed by atoms with van der Waals surface area (Å²) in [6, 6.07) is 4.55. The largest absolute Gasteiger partial charge is 0.326 e. The van der Waals surface area contributed by atoms with Crippen LogP contribution in [0.3, 0.4) is 0 Å². The molecule has 1 N–H and O–H groups in total. The van der Waals surface area contributed by atoms with E-state index in [9.17, 15) is 4.39 Å². The Morgan fingerprint density at radius 3 is 2.89 bits per heavy atom. The summed E-state index contributed by atoms with van der Waals surface area (Å²) < 4.78 is 15.2. The standard InChI is InChI=1S/C14H17ClFN3/c1-3-4-7-19-9-10(2)17-14(19)18-11-5-6-13(16)12(15)8-11/h5-6,8-9H,3-4,7H2,1-2H3,(H,17,18). The number of rotatable bonds is 5. The van der Waals surface area contributed by atoms with Gasteiger partial charge >= 0.3 is 0 Å². The molecule has 1 aromatic heterocycles. The van der Waals surface area contributed by atoms with Crippen LogP contribution in [0.25, 0.3) is 0 Å². The first-order chi connectivity index (χ1) is 9.10. The number of anilines is 2. The third kappa shape index (κ3) is 3.47. The van der Waals surface area contributed by atoms with Crippen LogP contribution in [0.5, 0.6) is 0 Å². The van der Waals surface area contributed by atoms with Gasteiger partial charge in [0, 0.05) is 18.4 Å². The fraction of sp³-hybridized carbons (Fsp3) is 0.357. The van der Waals surface area contributed by atoms with Crippen LogP contribution in [0.1, 0.15) is 25.5 Å². The number of hydrogen-bond acceptors (Lipinski definition) is 2. The van der Waals surface area contributed by atoms with Crippen LogP contribution in [0.2, 0.25) is 5.02 Å². The Labute approximate surface area is 117 Å². The number of unbranched alkanes of at least 4 members (excludes halogenated alkanes) is 1. The summed E-state index contributed by atoms with van der Waals surface area (Å²) in [6.07, 6.45) is 4.22. The molecule has 3 nitrogen and oxygen atoms in total. The van der Waals surface area contributed by atoms with Crippen molar-refractivity contribution in [1.82, 2.24) is 9.55 Å². The number of nitrogens with one attached hydrogen (secondary N) is 1. The van der Waals surface area contributed by atoms with Gasteiger partial charge in [-0.05, 0) is 31.5 Å². The van der Waals surface area contributed by atoms with Gasteiger partial charge < -0.3 is 9.88 Å². The molecule has 0 bridgehead atoms. The monoisotopic (exact) mass is 281 g/mol. The molecule has 102 valence electrons. The summed E-state index contributed by atoms with van der Waals surface area (Å²) in [5, 5.41) is 3.28. The van der Waals surface area contributed by atoms with Gasteiger partial charge in [0.25, 0.3) is 0 Å². The minimum atomic E-state index is -0.419. The number of aryl methyl sites for hydroxylation is 2. The molecule has 5 heteroatoms. The Morgan fingerprint density at radius 1 is 1.42 bits per heavy atom. The Hall–Kier alpha value is -1.55. The van der Waals surface area contributed by atoms with E-state index in [-0.39, 0.29) is 5.02 Å². The summed E-state index contributed by atoms with van der Waals surface area (Å²) >= 11 is 5.77. The smallest absolute Gasteiger partial charge is 0.207 e. The summed E-state index contributed by atoms with van der Waals surface area (Å²) in [4.78, 5) is 4.43. The highest BCUT2D eigenvalue weighted by Crippen LogP contribution is 2.22. The van der Waals surface area contributed by atoms with Crippen LogP contribution in [0.15, 0.2) is 24.4 Å². The zero-order chi connectivity index (χ0) is 13.8. The fourth-order valence-electron chi connectivity index (χ4n) is 1.85. The summed E-state index contributed by atoms with van der Waals surface area (Å²) in [7, 11) is 0. The number of hydrogen-bond donors (Lipinski definition) is 1. The van der Waals surface area contributed by atoms with Crippen LogP contribution in [-0.2, 0) is 6.54 Å². The molecule has 0 aliphatic heterocycles. The van der Waals surface area contributed by atoms with E-state index in [0.29, 0.717) is 0 Å². The van der Waals surface area contributed by atoms with Gasteiger partial charge in [-0.15, -0.1) is 0 Å². The van der Waals surface area contributed by atoms with Crippen molar-refractivity contribution in [2.75, 3.05) is 5.32 Å². The van der Waals surface area contributed by atoms with E-state index in [4.69, 9.17) is 11.6 Å². The van der Waals surface area contributed by atoms with E-state index in [2.05, 4.69) is 21.8 Å². The molecule has 1 aromatic carbocycles. The first-order valence-corrected chi connectivity index (χ1v) is 6.73. The minimum Gasteiger partial charge on any atom is -0.326 e. The van der Waals surface area contributed by atoms with Crippen LogP contribution in [-0.4, -0.2) is 9.55 Å². The fourth-order valence-corrected chi connectivity index (χ4v) is 2.03. The molecule has 0 atom stereocenters. The van der Waals surface area contributed by atoms with Gasteiger partial charge in [0.2, 0.25) is 5.95 Å². The van der Waals surface area contributed by atoms with E-state index >= 15 is 0 Å². The lowest BCUT2D eigenvalue weighted by Crippen LogP contribution is -2.03. The van der Waals surface area contributed by atoms with E-state index < -0.39 is 5.82 Å². The van der Waals surface area contributed by atoms with Crippen molar-refractivity contribution >= 4 is 23.2 Å². The first-order valence-electron chi connectivity index (χ1n) is 6.36. The summed E-state index contributed by atoms with van der Waals surface area (Å²) in [5.41, 5.74) is 1.68. The first kappa shape index (κ1) is 13.9. The van der Waals surface area contributed by atoms with E-state index in [1.54, 1.807) is 12.1 Å². The average Bonchev–Trinajstić information content (AvgIpc) is 2.71. The Balaban J connectivity index is 2.19. The van der Waals surface area contributed by atoms with Crippen molar-refractivity contribution in [3.63, 3.8) is 0 Å². The summed E-state index contributed by atoms with van der Waals surface area (Å²) in [6.45, 7) is 5.01. The van der Waals surface area contributed by atoms with Crippen molar-refractivity contribution in [2.24, 2.45) is 0 Å². The molecule has 1 heterocycles. The number of halogens is 2. The van der Waals surface area contributed by atoms with Gasteiger partial charge in [0.1, 0.15) is 5.82 Å².